The minimum absolute atomic E-state index is 0. The van der Waals surface area contributed by atoms with E-state index in [0.717, 1.165) is 5.34 Å². The molecule has 0 atom stereocenters. The van der Waals surface area contributed by atoms with Crippen LogP contribution in [0.5, 0.6) is 0 Å². The summed E-state index contributed by atoms with van der Waals surface area (Å²) in [4.78, 5) is 18.2. The maximum absolute atomic E-state index is 11.9. The smallest absolute Gasteiger partial charge is 0.444 e. The zero-order chi connectivity index (χ0) is 32.2. The van der Waals surface area contributed by atoms with Gasteiger partial charge in [-0.1, -0.05) is 54.6 Å². The molecular weight excluding hydrogens is 781 g/mol. The number of nitrogens with zero attached hydrogens (tertiary/aromatic N) is 4. The molecule has 48 heavy (non-hydrogen) atoms. The summed E-state index contributed by atoms with van der Waals surface area (Å²) in [5, 5.41) is 14.6. The van der Waals surface area contributed by atoms with Gasteiger partial charge in [0.1, 0.15) is 19.6 Å². The summed E-state index contributed by atoms with van der Waals surface area (Å²) >= 11 is 0. The van der Waals surface area contributed by atoms with Crippen molar-refractivity contribution in [1.29, 1.82) is 0 Å². The van der Waals surface area contributed by atoms with Gasteiger partial charge in [-0.2, -0.15) is 39.5 Å². The average Bonchev–Trinajstić information content (AvgIpc) is 2.91. The fourth-order valence-corrected chi connectivity index (χ4v) is 2.60. The summed E-state index contributed by atoms with van der Waals surface area (Å²) in [7, 11) is 0. The molecule has 3 aromatic carbocycles. The molecule has 0 saturated heterocycles. The molecule has 8 N–H and O–H groups in total. The first kappa shape index (κ1) is 60.8. The van der Waals surface area contributed by atoms with Crippen molar-refractivity contribution in [3.05, 3.63) is 106 Å². The summed E-state index contributed by atoms with van der Waals surface area (Å²) in [5.74, 6) is 5.19. The third kappa shape index (κ3) is 34.8. The van der Waals surface area contributed by atoms with Crippen LogP contribution in [0.2, 0.25) is 0 Å². The van der Waals surface area contributed by atoms with Crippen molar-refractivity contribution >= 4 is 41.9 Å². The molecule has 0 aliphatic carbocycles. The third-order valence-electron chi connectivity index (χ3n) is 4.19. The summed E-state index contributed by atoms with van der Waals surface area (Å²) in [6, 6.07) is 23.8. The monoisotopic (exact) mass is 809 g/mol. The van der Waals surface area contributed by atoms with Gasteiger partial charge in [0.15, 0.2) is 0 Å². The van der Waals surface area contributed by atoms with Crippen LogP contribution in [0.15, 0.2) is 102 Å². The van der Waals surface area contributed by atoms with Crippen molar-refractivity contribution in [2.24, 2.45) is 16.5 Å². The molecule has 0 spiro atoms. The molecule has 0 unspecified atom stereocenters. The second-order valence-corrected chi connectivity index (χ2v) is 7.58. The van der Waals surface area contributed by atoms with Crippen LogP contribution >= 0.6 is 24.8 Å². The molecule has 3 rings (SSSR count). The van der Waals surface area contributed by atoms with E-state index in [9.17, 15) is 44.4 Å². The average molecular weight is 812 g/mol. The maximum atomic E-state index is 11.9. The fraction of sp³-hybridized carbons (Fsp3) is 0.250. The number of alkyl halides is 9. The molecule has 0 aromatic heterocycles. The Balaban J connectivity index is -0.0000000952. The number of nitrogens with two attached hydrogens (primary N) is 1. The number of nitroso groups, excluding NO2 is 1. The Labute approximate surface area is 316 Å². The Hall–Kier alpha value is -2.49. The quantitative estimate of drug-likeness (QED) is 0.100. The number of hydrazine groups is 1. The molecule has 0 heterocycles. The molecule has 0 amide bonds. The molecular formula is C24H31Cl2F9N7NaO4Zn. The summed E-state index contributed by atoms with van der Waals surface area (Å²) < 4.78 is 106. The van der Waals surface area contributed by atoms with Crippen molar-refractivity contribution in [1.82, 2.24) is 6.15 Å². The zero-order valence-corrected chi connectivity index (χ0v) is 31.6. The van der Waals surface area contributed by atoms with Gasteiger partial charge in [0.05, 0.1) is 16.7 Å². The van der Waals surface area contributed by atoms with Gasteiger partial charge in [-0.3, -0.25) is 0 Å². The third-order valence-corrected chi connectivity index (χ3v) is 4.19. The standard InChI is InChI=1S/C8H7F3N2O.C8H9F3N2.C8H8F3N.2ClH.HNO2.H3N.Na.H2O.Zn/c9-8(10,11)6-13(12-14)7-4-2-1-3-5-7;9-8(10,11)6-13(12)7-4-2-1-3-5-7;9-8(10,11)6-12-7-4-2-1-3-5-7;;;2-1-3;;;;/h1-5H,6H2;1-5H,6,12H2;1-5,12H,6H2;2*1H;(H,2,3);1H3;;1H2;/q;;;;;;;+1;;/p-1. The molecule has 266 valence electrons. The molecule has 0 radical (unpaired) electrons. The number of hydrogen-bond donors (Lipinski definition) is 3. The van der Waals surface area contributed by atoms with Crippen molar-refractivity contribution in [3.8, 4) is 0 Å². The van der Waals surface area contributed by atoms with Crippen molar-refractivity contribution in [2.45, 2.75) is 18.5 Å². The molecule has 0 fully saturated rings. The largest absolute Gasteiger partial charge is 1.00 e. The second-order valence-electron chi connectivity index (χ2n) is 7.58. The first-order valence-corrected chi connectivity index (χ1v) is 11.2. The van der Waals surface area contributed by atoms with E-state index < -0.39 is 38.2 Å². The van der Waals surface area contributed by atoms with E-state index in [0.29, 0.717) is 21.4 Å². The molecule has 11 nitrogen and oxygen atoms in total. The number of para-hydroxylation sites is 3. The molecule has 3 aromatic rings. The Kier molecular flexibility index (Phi) is 40.2. The van der Waals surface area contributed by atoms with Crippen LogP contribution in [0.4, 0.5) is 56.6 Å². The first-order chi connectivity index (χ1) is 19.5. The van der Waals surface area contributed by atoms with E-state index >= 15 is 0 Å². The molecule has 24 heteroatoms. The van der Waals surface area contributed by atoms with Crippen LogP contribution in [0.3, 0.4) is 0 Å². The Bertz CT molecular complexity index is 1150. The van der Waals surface area contributed by atoms with Crippen molar-refractivity contribution in [3.63, 3.8) is 0 Å². The summed E-state index contributed by atoms with van der Waals surface area (Å²) in [5.41, 5.74) is 0.953. The van der Waals surface area contributed by atoms with Gasteiger partial charge in [-0.15, -0.1) is 35.1 Å². The number of rotatable bonds is 7. The van der Waals surface area contributed by atoms with E-state index in [1.807, 2.05) is 0 Å². The van der Waals surface area contributed by atoms with Gasteiger partial charge in [0.25, 0.3) is 0 Å². The molecule has 0 aliphatic rings. The normalized spacial score (nSPS) is 9.38. The topological polar surface area (TPSA) is 193 Å². The van der Waals surface area contributed by atoms with Gasteiger partial charge in [0.2, 0.25) is 0 Å². The van der Waals surface area contributed by atoms with Gasteiger partial charge >= 0.3 is 48.1 Å². The van der Waals surface area contributed by atoms with Crippen LogP contribution in [0, 0.1) is 15.0 Å². The Morgan fingerprint density at radius 2 is 1.00 bits per heavy atom. The van der Waals surface area contributed by atoms with Crippen molar-refractivity contribution < 1.29 is 94.0 Å². The maximum Gasteiger partial charge on any atom is 1.00 e. The van der Waals surface area contributed by atoms with Crippen LogP contribution in [-0.4, -0.2) is 43.6 Å². The van der Waals surface area contributed by atoms with Gasteiger partial charge in [-0.25, -0.2) is 10.9 Å². The zero-order valence-electron chi connectivity index (χ0n) is 25.0. The molecule has 0 bridgehead atoms. The predicted molar refractivity (Wildman–Crippen MR) is 163 cm³/mol. The van der Waals surface area contributed by atoms with Crippen LogP contribution in [-0.2, 0) is 19.5 Å². The number of anilines is 3. The van der Waals surface area contributed by atoms with Crippen molar-refractivity contribution in [2.75, 3.05) is 35.0 Å². The number of benzene rings is 3. The minimum atomic E-state index is -4.44. The Morgan fingerprint density at radius 3 is 1.31 bits per heavy atom. The van der Waals surface area contributed by atoms with Crippen LogP contribution < -0.4 is 56.9 Å². The molecule has 0 aliphatic heterocycles. The minimum Gasteiger partial charge on any atom is -0.444 e. The first-order valence-electron chi connectivity index (χ1n) is 11.2. The van der Waals surface area contributed by atoms with E-state index in [1.54, 1.807) is 54.6 Å². The SMILES string of the molecule is Cl.Cl.FC(F)(F)CNc1ccccc1.N.NN(CC(F)(F)F)c1ccccc1.O.O=NN(CC(F)(F)F)c1ccccc1.O=N[O-].[Na+].[Zn]. The van der Waals surface area contributed by atoms with Gasteiger partial charge in [-0.05, 0) is 36.4 Å². The van der Waals surface area contributed by atoms with Gasteiger partial charge < -0.3 is 32.1 Å². The second kappa shape index (κ2) is 31.8. The number of nitrogens with one attached hydrogen (secondary N) is 1. The molecule has 0 saturated carbocycles. The number of hydrogen-bond acceptors (Lipinski definition) is 9. The van der Waals surface area contributed by atoms with E-state index in [-0.39, 0.29) is 91.2 Å². The van der Waals surface area contributed by atoms with Crippen LogP contribution in [0.1, 0.15) is 0 Å². The summed E-state index contributed by atoms with van der Waals surface area (Å²) in [6.07, 6.45) is -12.9. The predicted octanol–water partition coefficient (Wildman–Crippen LogP) is 4.76. The van der Waals surface area contributed by atoms with Gasteiger partial charge in [0, 0.05) is 25.2 Å². The fourth-order valence-electron chi connectivity index (χ4n) is 2.60. The number of halogens is 11. The van der Waals surface area contributed by atoms with Crippen LogP contribution in [0.25, 0.3) is 0 Å². The van der Waals surface area contributed by atoms with E-state index in [1.165, 1.54) is 36.4 Å². The van der Waals surface area contributed by atoms with E-state index in [2.05, 4.69) is 10.6 Å². The summed E-state index contributed by atoms with van der Waals surface area (Å²) in [6.45, 7) is -3.51. The Morgan fingerprint density at radius 1 is 0.667 bits per heavy atom. The van der Waals surface area contributed by atoms with E-state index in [4.69, 9.17) is 16.0 Å².